The average Bonchev–Trinajstić information content (AvgIpc) is 2.36. The third kappa shape index (κ3) is 3.27. The van der Waals surface area contributed by atoms with Gasteiger partial charge in [0.05, 0.1) is 0 Å². The highest BCUT2D eigenvalue weighted by atomic mass is 14.7. The molecule has 2 fully saturated rings. The molecule has 2 rings (SSSR count). The van der Waals surface area contributed by atoms with Gasteiger partial charge in [0.2, 0.25) is 0 Å². The molecule has 6 unspecified atom stereocenters. The van der Waals surface area contributed by atoms with Gasteiger partial charge in [0, 0.05) is 12.1 Å². The summed E-state index contributed by atoms with van der Waals surface area (Å²) in [7, 11) is 0. The molecule has 0 spiro atoms. The maximum absolute atomic E-state index is 6.33. The van der Waals surface area contributed by atoms with E-state index >= 15 is 0 Å². The zero-order chi connectivity index (χ0) is 13.1. The minimum absolute atomic E-state index is 0.436. The fourth-order valence-electron chi connectivity index (χ4n) is 4.42. The zero-order valence-corrected chi connectivity index (χ0v) is 12.3. The molecule has 2 aliphatic rings. The molecule has 0 saturated heterocycles. The molecule has 0 aliphatic heterocycles. The van der Waals surface area contributed by atoms with Crippen LogP contribution in [0.5, 0.6) is 0 Å². The van der Waals surface area contributed by atoms with Gasteiger partial charge >= 0.3 is 0 Å². The van der Waals surface area contributed by atoms with Crippen LogP contribution >= 0.6 is 0 Å². The topological polar surface area (TPSA) is 52.0 Å². The highest BCUT2D eigenvalue weighted by Crippen LogP contribution is 2.39. The summed E-state index contributed by atoms with van der Waals surface area (Å²) < 4.78 is 0. The van der Waals surface area contributed by atoms with Gasteiger partial charge in [-0.1, -0.05) is 33.1 Å². The van der Waals surface area contributed by atoms with Crippen LogP contribution < -0.4 is 11.5 Å². The second-order valence-electron chi connectivity index (χ2n) is 7.00. The third-order valence-corrected chi connectivity index (χ3v) is 5.67. The number of nitrogens with two attached hydrogens (primary N) is 2. The van der Waals surface area contributed by atoms with E-state index in [0.717, 1.165) is 17.8 Å². The number of hydrogen-bond donors (Lipinski definition) is 2. The Morgan fingerprint density at radius 2 is 1.72 bits per heavy atom. The van der Waals surface area contributed by atoms with E-state index in [-0.39, 0.29) is 0 Å². The lowest BCUT2D eigenvalue weighted by Crippen LogP contribution is -2.43. The monoisotopic (exact) mass is 252 g/mol. The molecular weight excluding hydrogens is 220 g/mol. The van der Waals surface area contributed by atoms with Crippen molar-refractivity contribution < 1.29 is 0 Å². The van der Waals surface area contributed by atoms with Crippen molar-refractivity contribution in [1.82, 2.24) is 0 Å². The van der Waals surface area contributed by atoms with Crippen LogP contribution in [0.3, 0.4) is 0 Å². The SMILES string of the molecule is CCC1CC(CC2CCCCC2N)CC(C)C1N. The second-order valence-corrected chi connectivity index (χ2v) is 7.00. The summed E-state index contributed by atoms with van der Waals surface area (Å²) in [5.41, 5.74) is 12.6. The highest BCUT2D eigenvalue weighted by molar-refractivity contribution is 4.89. The van der Waals surface area contributed by atoms with Gasteiger partial charge in [0.1, 0.15) is 0 Å². The van der Waals surface area contributed by atoms with Crippen molar-refractivity contribution in [3.8, 4) is 0 Å². The van der Waals surface area contributed by atoms with E-state index < -0.39 is 0 Å². The zero-order valence-electron chi connectivity index (χ0n) is 12.3. The molecular formula is C16H32N2. The molecule has 0 heterocycles. The van der Waals surface area contributed by atoms with Crippen LogP contribution in [-0.2, 0) is 0 Å². The first-order valence-corrected chi connectivity index (χ1v) is 8.13. The lowest BCUT2D eigenvalue weighted by molar-refractivity contribution is 0.132. The maximum atomic E-state index is 6.33. The van der Waals surface area contributed by atoms with Crippen LogP contribution in [0.1, 0.15) is 65.2 Å². The van der Waals surface area contributed by atoms with Gasteiger partial charge in [-0.15, -0.1) is 0 Å². The first kappa shape index (κ1) is 14.3. The van der Waals surface area contributed by atoms with Gasteiger partial charge in [-0.3, -0.25) is 0 Å². The fraction of sp³-hybridized carbons (Fsp3) is 1.00. The summed E-state index contributed by atoms with van der Waals surface area (Å²) in [6, 6.07) is 0.913. The molecule has 2 aliphatic carbocycles. The van der Waals surface area contributed by atoms with E-state index in [4.69, 9.17) is 11.5 Å². The van der Waals surface area contributed by atoms with E-state index in [9.17, 15) is 0 Å². The lowest BCUT2D eigenvalue weighted by Gasteiger charge is -2.41. The van der Waals surface area contributed by atoms with Crippen molar-refractivity contribution in [2.45, 2.75) is 77.3 Å². The van der Waals surface area contributed by atoms with Crippen LogP contribution in [-0.4, -0.2) is 12.1 Å². The van der Waals surface area contributed by atoms with Crippen molar-refractivity contribution in [2.24, 2.45) is 35.1 Å². The maximum Gasteiger partial charge on any atom is 0.00931 e. The molecule has 0 aromatic heterocycles. The summed E-state index contributed by atoms with van der Waals surface area (Å²) in [4.78, 5) is 0. The van der Waals surface area contributed by atoms with Crippen LogP contribution in [0.25, 0.3) is 0 Å². The summed E-state index contributed by atoms with van der Waals surface area (Å²) in [5.74, 6) is 3.13. The van der Waals surface area contributed by atoms with Crippen LogP contribution in [0, 0.1) is 23.7 Å². The van der Waals surface area contributed by atoms with E-state index in [0.29, 0.717) is 18.0 Å². The van der Waals surface area contributed by atoms with E-state index in [2.05, 4.69) is 13.8 Å². The predicted octanol–water partition coefficient (Wildman–Crippen LogP) is 3.29. The average molecular weight is 252 g/mol. The van der Waals surface area contributed by atoms with Crippen molar-refractivity contribution >= 4 is 0 Å². The molecule has 106 valence electrons. The van der Waals surface area contributed by atoms with Crippen LogP contribution in [0.4, 0.5) is 0 Å². The first-order valence-electron chi connectivity index (χ1n) is 8.13. The van der Waals surface area contributed by atoms with E-state index in [1.54, 1.807) is 0 Å². The molecule has 0 radical (unpaired) electrons. The minimum Gasteiger partial charge on any atom is -0.327 e. The Bertz CT molecular complexity index is 253. The van der Waals surface area contributed by atoms with Crippen molar-refractivity contribution in [1.29, 1.82) is 0 Å². The van der Waals surface area contributed by atoms with Crippen molar-refractivity contribution in [3.05, 3.63) is 0 Å². The van der Waals surface area contributed by atoms with E-state index in [1.165, 1.54) is 51.4 Å². The molecule has 0 amide bonds. The van der Waals surface area contributed by atoms with Gasteiger partial charge in [0.25, 0.3) is 0 Å². The fourth-order valence-corrected chi connectivity index (χ4v) is 4.42. The normalized spacial score (nSPS) is 46.0. The molecule has 0 bridgehead atoms. The standard InChI is InChI=1S/C16H32N2/c1-3-13-9-12(8-11(2)16(13)18)10-14-6-4-5-7-15(14)17/h11-16H,3-10,17-18H2,1-2H3. The third-order valence-electron chi connectivity index (χ3n) is 5.67. The molecule has 18 heavy (non-hydrogen) atoms. The molecule has 4 N–H and O–H groups in total. The predicted molar refractivity (Wildman–Crippen MR) is 78.2 cm³/mol. The van der Waals surface area contributed by atoms with Gasteiger partial charge in [-0.2, -0.15) is 0 Å². The Labute approximate surface area is 113 Å². The smallest absolute Gasteiger partial charge is 0.00931 e. The minimum atomic E-state index is 0.436. The molecule has 2 saturated carbocycles. The van der Waals surface area contributed by atoms with Crippen molar-refractivity contribution in [3.63, 3.8) is 0 Å². The summed E-state index contributed by atoms with van der Waals surface area (Å²) in [6.07, 6.45) is 10.7. The van der Waals surface area contributed by atoms with Gasteiger partial charge < -0.3 is 11.5 Å². The number of hydrogen-bond acceptors (Lipinski definition) is 2. The Morgan fingerprint density at radius 3 is 2.39 bits per heavy atom. The Balaban J connectivity index is 1.89. The van der Waals surface area contributed by atoms with Gasteiger partial charge in [0.15, 0.2) is 0 Å². The van der Waals surface area contributed by atoms with Gasteiger partial charge in [-0.05, 0) is 55.8 Å². The largest absolute Gasteiger partial charge is 0.327 e. The quantitative estimate of drug-likeness (QED) is 0.810. The molecule has 2 heteroatoms. The molecule has 6 atom stereocenters. The van der Waals surface area contributed by atoms with Crippen LogP contribution in [0.2, 0.25) is 0 Å². The van der Waals surface area contributed by atoms with Crippen LogP contribution in [0.15, 0.2) is 0 Å². The lowest BCUT2D eigenvalue weighted by atomic mass is 9.67. The Kier molecular flexibility index (Phi) is 5.08. The molecule has 0 aromatic rings. The molecule has 0 aromatic carbocycles. The molecule has 2 nitrogen and oxygen atoms in total. The summed E-state index contributed by atoms with van der Waals surface area (Å²) >= 11 is 0. The van der Waals surface area contributed by atoms with Crippen molar-refractivity contribution in [2.75, 3.05) is 0 Å². The van der Waals surface area contributed by atoms with E-state index in [1.807, 2.05) is 0 Å². The first-order chi connectivity index (χ1) is 8.61. The summed E-state index contributed by atoms with van der Waals surface area (Å²) in [6.45, 7) is 4.65. The Morgan fingerprint density at radius 1 is 1.00 bits per heavy atom. The van der Waals surface area contributed by atoms with Gasteiger partial charge in [-0.25, -0.2) is 0 Å². The highest BCUT2D eigenvalue weighted by Gasteiger charge is 2.34. The number of rotatable bonds is 3. The second kappa shape index (κ2) is 6.38. The Hall–Kier alpha value is -0.0800. The summed E-state index contributed by atoms with van der Waals surface area (Å²) in [5, 5.41) is 0.